The van der Waals surface area contributed by atoms with E-state index in [0.717, 1.165) is 18.6 Å². The zero-order valence-electron chi connectivity index (χ0n) is 9.46. The highest BCUT2D eigenvalue weighted by atomic mass is 127. The Morgan fingerprint density at radius 1 is 1.44 bits per heavy atom. The molecule has 0 fully saturated rings. The Hall–Kier alpha value is -0.600. The van der Waals surface area contributed by atoms with Crippen LogP contribution in [-0.2, 0) is 0 Å². The Morgan fingerprint density at radius 3 is 2.72 bits per heavy atom. The molecule has 0 unspecified atom stereocenters. The first-order valence-corrected chi connectivity index (χ1v) is 7.78. The Labute approximate surface area is 131 Å². The number of carbonyl (C=O) groups is 1. The predicted octanol–water partition coefficient (Wildman–Crippen LogP) is 4.26. The molecule has 0 saturated heterocycles. The van der Waals surface area contributed by atoms with Gasteiger partial charge in [-0.15, -0.1) is 11.3 Å². The summed E-state index contributed by atoms with van der Waals surface area (Å²) in [6.45, 7) is 1.90. The number of thiophene rings is 1. The number of anilines is 2. The molecule has 0 radical (unpaired) electrons. The third-order valence-corrected chi connectivity index (χ3v) is 5.75. The van der Waals surface area contributed by atoms with E-state index in [0.29, 0.717) is 10.6 Å². The van der Waals surface area contributed by atoms with Crippen LogP contribution in [0.3, 0.4) is 0 Å². The molecule has 2 rings (SSSR count). The Balaban J connectivity index is 2.18. The predicted molar refractivity (Wildman–Crippen MR) is 88.3 cm³/mol. The summed E-state index contributed by atoms with van der Waals surface area (Å²) in [7, 11) is 0. The van der Waals surface area contributed by atoms with Gasteiger partial charge in [0.15, 0.2) is 0 Å². The molecule has 0 aliphatic rings. The number of nitrogens with two attached hydrogens (primary N) is 1. The summed E-state index contributed by atoms with van der Waals surface area (Å²) in [5.74, 6) is -0.127. The van der Waals surface area contributed by atoms with Crippen LogP contribution in [0.25, 0.3) is 0 Å². The molecule has 3 nitrogen and oxygen atoms in total. The first kappa shape index (κ1) is 13.8. The van der Waals surface area contributed by atoms with E-state index in [4.69, 9.17) is 5.73 Å². The molecule has 0 spiro atoms. The summed E-state index contributed by atoms with van der Waals surface area (Å²) < 4.78 is 2.06. The van der Waals surface area contributed by atoms with Gasteiger partial charge in [-0.05, 0) is 69.7 Å². The van der Waals surface area contributed by atoms with Crippen LogP contribution in [0.2, 0.25) is 0 Å². The van der Waals surface area contributed by atoms with Crippen LogP contribution in [0.15, 0.2) is 28.7 Å². The number of carbonyl (C=O) groups excluding carboxylic acids is 1. The lowest BCUT2D eigenvalue weighted by molar-refractivity contribution is 0.103. The fraction of sp³-hybridized carbons (Fsp3) is 0.0833. The first-order chi connectivity index (χ1) is 8.47. The highest BCUT2D eigenvalue weighted by Gasteiger charge is 2.11. The Bertz CT molecular complexity index is 593. The highest BCUT2D eigenvalue weighted by molar-refractivity contribution is 14.1. The van der Waals surface area contributed by atoms with Crippen molar-refractivity contribution in [2.45, 2.75) is 6.92 Å². The molecule has 1 amide bonds. The smallest absolute Gasteiger partial charge is 0.265 e. The molecule has 0 saturated carbocycles. The van der Waals surface area contributed by atoms with E-state index in [1.807, 2.05) is 25.1 Å². The van der Waals surface area contributed by atoms with Crippen molar-refractivity contribution in [2.75, 3.05) is 11.1 Å². The van der Waals surface area contributed by atoms with Gasteiger partial charge in [-0.2, -0.15) is 0 Å². The molecular formula is C12H10BrIN2OS. The van der Waals surface area contributed by atoms with Crippen molar-refractivity contribution in [1.82, 2.24) is 0 Å². The number of hydrogen-bond donors (Lipinski definition) is 2. The number of nitrogen functional groups attached to an aromatic ring is 1. The van der Waals surface area contributed by atoms with Gasteiger partial charge in [0.2, 0.25) is 0 Å². The number of amides is 1. The van der Waals surface area contributed by atoms with Crippen molar-refractivity contribution < 1.29 is 4.79 Å². The second kappa shape index (κ2) is 5.58. The molecule has 0 atom stereocenters. The molecular weight excluding hydrogens is 427 g/mol. The van der Waals surface area contributed by atoms with Crippen molar-refractivity contribution in [1.29, 1.82) is 0 Å². The van der Waals surface area contributed by atoms with Gasteiger partial charge in [-0.25, -0.2) is 0 Å². The first-order valence-electron chi connectivity index (χ1n) is 5.09. The average Bonchev–Trinajstić information content (AvgIpc) is 2.65. The minimum absolute atomic E-state index is 0.127. The molecule has 3 N–H and O–H groups in total. The molecule has 1 aromatic carbocycles. The Morgan fingerprint density at radius 2 is 2.17 bits per heavy atom. The van der Waals surface area contributed by atoms with Crippen molar-refractivity contribution in [3.63, 3.8) is 0 Å². The van der Waals surface area contributed by atoms with Crippen LogP contribution in [0.4, 0.5) is 11.4 Å². The molecule has 0 bridgehead atoms. The van der Waals surface area contributed by atoms with Crippen LogP contribution < -0.4 is 11.1 Å². The summed E-state index contributed by atoms with van der Waals surface area (Å²) in [6.07, 6.45) is 0. The van der Waals surface area contributed by atoms with Gasteiger partial charge in [-0.3, -0.25) is 4.79 Å². The van der Waals surface area contributed by atoms with Gasteiger partial charge < -0.3 is 11.1 Å². The fourth-order valence-corrected chi connectivity index (χ4v) is 2.97. The molecule has 94 valence electrons. The normalized spacial score (nSPS) is 10.4. The SMILES string of the molecule is Cc1sc(C(=O)Nc2ccc(Br)c(I)c2)cc1N. The number of nitrogens with one attached hydrogen (secondary N) is 1. The minimum Gasteiger partial charge on any atom is -0.398 e. The largest absolute Gasteiger partial charge is 0.398 e. The number of benzene rings is 1. The summed E-state index contributed by atoms with van der Waals surface area (Å²) in [4.78, 5) is 13.6. The van der Waals surface area contributed by atoms with E-state index in [-0.39, 0.29) is 5.91 Å². The standard InChI is InChI=1S/C12H10BrIN2OS/c1-6-10(15)5-11(18-6)12(17)16-7-2-3-8(13)9(14)4-7/h2-5H,15H2,1H3,(H,16,17). The number of rotatable bonds is 2. The summed E-state index contributed by atoms with van der Waals surface area (Å²) >= 11 is 7.02. The van der Waals surface area contributed by atoms with E-state index >= 15 is 0 Å². The van der Waals surface area contributed by atoms with E-state index in [9.17, 15) is 4.79 Å². The maximum absolute atomic E-state index is 12.0. The fourth-order valence-electron chi connectivity index (χ4n) is 1.37. The lowest BCUT2D eigenvalue weighted by atomic mass is 10.3. The Kier molecular flexibility index (Phi) is 4.29. The summed E-state index contributed by atoms with van der Waals surface area (Å²) in [5.41, 5.74) is 7.18. The van der Waals surface area contributed by atoms with Gasteiger partial charge >= 0.3 is 0 Å². The van der Waals surface area contributed by atoms with Gasteiger partial charge in [-0.1, -0.05) is 0 Å². The maximum atomic E-state index is 12.0. The molecule has 2 aromatic rings. The number of halogens is 2. The van der Waals surface area contributed by atoms with Gasteiger partial charge in [0.25, 0.3) is 5.91 Å². The van der Waals surface area contributed by atoms with Gasteiger partial charge in [0.1, 0.15) is 0 Å². The van der Waals surface area contributed by atoms with Crippen LogP contribution in [0, 0.1) is 10.5 Å². The van der Waals surface area contributed by atoms with Crippen LogP contribution >= 0.6 is 49.9 Å². The third-order valence-electron chi connectivity index (χ3n) is 2.36. The van der Waals surface area contributed by atoms with Gasteiger partial charge in [0, 0.05) is 24.3 Å². The van der Waals surface area contributed by atoms with Gasteiger partial charge in [0.05, 0.1) is 4.88 Å². The zero-order valence-corrected chi connectivity index (χ0v) is 14.0. The molecule has 1 aromatic heterocycles. The summed E-state index contributed by atoms with van der Waals surface area (Å²) in [5, 5.41) is 2.86. The van der Waals surface area contributed by atoms with E-state index in [2.05, 4.69) is 43.8 Å². The van der Waals surface area contributed by atoms with Crippen LogP contribution in [-0.4, -0.2) is 5.91 Å². The topological polar surface area (TPSA) is 55.1 Å². The average molecular weight is 437 g/mol. The molecule has 0 aliphatic carbocycles. The summed E-state index contributed by atoms with van der Waals surface area (Å²) in [6, 6.07) is 7.38. The third kappa shape index (κ3) is 3.04. The second-order valence-corrected chi connectivity index (χ2v) is 6.98. The molecule has 1 heterocycles. The zero-order chi connectivity index (χ0) is 13.3. The molecule has 18 heavy (non-hydrogen) atoms. The minimum atomic E-state index is -0.127. The lowest BCUT2D eigenvalue weighted by Gasteiger charge is -2.05. The quantitative estimate of drug-likeness (QED) is 0.691. The lowest BCUT2D eigenvalue weighted by Crippen LogP contribution is -2.10. The monoisotopic (exact) mass is 436 g/mol. The van der Waals surface area contributed by atoms with Crippen molar-refractivity contribution >= 4 is 67.1 Å². The number of aryl methyl sites for hydroxylation is 1. The van der Waals surface area contributed by atoms with E-state index in [1.165, 1.54) is 11.3 Å². The maximum Gasteiger partial charge on any atom is 0.265 e. The molecule has 0 aliphatic heterocycles. The van der Waals surface area contributed by atoms with E-state index < -0.39 is 0 Å². The van der Waals surface area contributed by atoms with E-state index in [1.54, 1.807) is 6.07 Å². The molecule has 6 heteroatoms. The van der Waals surface area contributed by atoms with Crippen LogP contribution in [0.1, 0.15) is 14.5 Å². The second-order valence-electron chi connectivity index (χ2n) is 3.71. The van der Waals surface area contributed by atoms with Crippen molar-refractivity contribution in [2.24, 2.45) is 0 Å². The van der Waals surface area contributed by atoms with Crippen molar-refractivity contribution in [3.8, 4) is 0 Å². The highest BCUT2D eigenvalue weighted by Crippen LogP contribution is 2.26. The van der Waals surface area contributed by atoms with Crippen LogP contribution in [0.5, 0.6) is 0 Å². The van der Waals surface area contributed by atoms with Crippen molar-refractivity contribution in [3.05, 3.63) is 42.1 Å². The number of hydrogen-bond acceptors (Lipinski definition) is 3.